The maximum absolute atomic E-state index is 5.78. The van der Waals surface area contributed by atoms with E-state index in [4.69, 9.17) is 11.3 Å². The molecule has 0 saturated carbocycles. The van der Waals surface area contributed by atoms with Crippen molar-refractivity contribution in [1.82, 2.24) is 0 Å². The Kier molecular flexibility index (Phi) is 8.07. The third-order valence-electron chi connectivity index (χ3n) is 1.97. The average Bonchev–Trinajstić information content (AvgIpc) is 2.12. The fourth-order valence-electron chi connectivity index (χ4n) is 1.47. The summed E-state index contributed by atoms with van der Waals surface area (Å²) < 4.78 is 5.25. The monoisotopic (exact) mass is 390 g/mol. The Morgan fingerprint density at radius 1 is 1.46 bits per heavy atom. The second-order valence-electron chi connectivity index (χ2n) is 4.55. The molecule has 1 aliphatic rings. The van der Waals surface area contributed by atoms with Crippen molar-refractivity contribution in [1.29, 1.82) is 0 Å². The van der Waals surface area contributed by atoms with E-state index in [2.05, 4.69) is 20.8 Å². The van der Waals surface area contributed by atoms with Gasteiger partial charge in [0.25, 0.3) is 0 Å². The summed E-state index contributed by atoms with van der Waals surface area (Å²) in [6.45, 7) is 14.0. The van der Waals surface area contributed by atoms with Gasteiger partial charge in [-0.15, -0.1) is 0 Å². The molecule has 1 nitrogen and oxygen atoms in total. The molecule has 0 aromatic heterocycles. The van der Waals surface area contributed by atoms with Crippen molar-refractivity contribution in [3.05, 3.63) is 12.2 Å². The van der Waals surface area contributed by atoms with Gasteiger partial charge in [0.15, 0.2) is 0 Å². The standard InChI is InChI=1S/C10H17O.ClH.Hg/c1-8-6-11-7-9(8)5-10(2,3)4;;/h1,9H,5-7H2,2-4H3;1H;/q;;+1/p-1. The molecule has 1 unspecified atom stereocenters. The molecule has 0 aliphatic carbocycles. The van der Waals surface area contributed by atoms with Crippen LogP contribution >= 0.6 is 0 Å². The first-order chi connectivity index (χ1) is 4.99. The van der Waals surface area contributed by atoms with Gasteiger partial charge in [0.1, 0.15) is 0 Å². The molecule has 0 aromatic carbocycles. The smallest absolute Gasteiger partial charge is 1.00 e. The predicted molar refractivity (Wildman–Crippen MR) is 46.2 cm³/mol. The Hall–Kier alpha value is 0.925. The first kappa shape index (κ1) is 16.4. The van der Waals surface area contributed by atoms with Crippen molar-refractivity contribution >= 4 is 0 Å². The molecule has 1 aliphatic heterocycles. The normalized spacial score (nSPS) is 22.1. The number of ether oxygens (including phenoxy) is 1. The van der Waals surface area contributed by atoms with Crippen molar-refractivity contribution in [2.45, 2.75) is 27.2 Å². The van der Waals surface area contributed by atoms with Crippen molar-refractivity contribution in [3.8, 4) is 0 Å². The Morgan fingerprint density at radius 3 is 2.31 bits per heavy atom. The first-order valence-corrected chi connectivity index (χ1v) is 4.18. The molecular weight excluding hydrogens is 372 g/mol. The van der Waals surface area contributed by atoms with E-state index in [-0.39, 0.29) is 40.1 Å². The number of hydrogen-bond acceptors (Lipinski definition) is 1. The SMILES string of the molecule is [CH]=C1COCC1CC(C)(C)C.[Cl-].[Hg+]. The summed E-state index contributed by atoms with van der Waals surface area (Å²) in [5.41, 5.74) is 1.39. The van der Waals surface area contributed by atoms with Gasteiger partial charge in [-0.1, -0.05) is 27.4 Å². The Balaban J connectivity index is 0. The molecule has 1 rings (SSSR count). The summed E-state index contributed by atoms with van der Waals surface area (Å²) in [6, 6.07) is 0. The molecule has 13 heavy (non-hydrogen) atoms. The van der Waals surface area contributed by atoms with Crippen LogP contribution in [0.25, 0.3) is 0 Å². The van der Waals surface area contributed by atoms with Crippen LogP contribution in [0.1, 0.15) is 27.2 Å². The maximum atomic E-state index is 5.78. The Labute approximate surface area is 108 Å². The van der Waals surface area contributed by atoms with Crippen LogP contribution in [-0.4, -0.2) is 13.2 Å². The van der Waals surface area contributed by atoms with Crippen molar-refractivity contribution in [3.63, 3.8) is 0 Å². The Morgan fingerprint density at radius 2 is 2.00 bits per heavy atom. The van der Waals surface area contributed by atoms with Gasteiger partial charge in [-0.05, 0) is 17.4 Å². The second kappa shape index (κ2) is 6.42. The zero-order chi connectivity index (χ0) is 8.48. The summed E-state index contributed by atoms with van der Waals surface area (Å²) in [4.78, 5) is 0. The van der Waals surface area contributed by atoms with Crippen LogP contribution in [0.2, 0.25) is 0 Å². The summed E-state index contributed by atoms with van der Waals surface area (Å²) >= 11 is 0. The van der Waals surface area contributed by atoms with Crippen LogP contribution < -0.4 is 12.4 Å². The molecule has 1 atom stereocenters. The van der Waals surface area contributed by atoms with Gasteiger partial charge in [-0.3, -0.25) is 0 Å². The summed E-state index contributed by atoms with van der Waals surface area (Å²) in [7, 11) is 0. The molecule has 3 heteroatoms. The van der Waals surface area contributed by atoms with E-state index in [1.165, 1.54) is 0 Å². The minimum absolute atomic E-state index is 0. The van der Waals surface area contributed by atoms with Crippen LogP contribution in [0.5, 0.6) is 0 Å². The molecule has 1 fully saturated rings. The zero-order valence-corrected chi connectivity index (χ0v) is 15.0. The number of hydrogen-bond donors (Lipinski definition) is 0. The van der Waals surface area contributed by atoms with Gasteiger partial charge in [-0.2, -0.15) is 0 Å². The zero-order valence-electron chi connectivity index (χ0n) is 8.77. The van der Waals surface area contributed by atoms with Crippen LogP contribution in [0.3, 0.4) is 0 Å². The first-order valence-electron chi connectivity index (χ1n) is 4.18. The van der Waals surface area contributed by atoms with Crippen molar-refractivity contribution < 1.29 is 44.8 Å². The van der Waals surface area contributed by atoms with Gasteiger partial charge in [0, 0.05) is 5.92 Å². The van der Waals surface area contributed by atoms with Crippen molar-refractivity contribution in [2.75, 3.05) is 13.2 Å². The third-order valence-corrected chi connectivity index (χ3v) is 1.97. The van der Waals surface area contributed by atoms with E-state index < -0.39 is 0 Å². The van der Waals surface area contributed by atoms with Crippen LogP contribution in [0.15, 0.2) is 5.57 Å². The quantitative estimate of drug-likeness (QED) is 0.546. The van der Waals surface area contributed by atoms with Gasteiger partial charge < -0.3 is 17.1 Å². The molecule has 2 radical (unpaired) electrons. The molecule has 0 bridgehead atoms. The molecule has 0 aromatic rings. The number of halogens is 1. The van der Waals surface area contributed by atoms with Crippen LogP contribution in [-0.2, 0) is 32.4 Å². The maximum Gasteiger partial charge on any atom is 1.00 e. The minimum Gasteiger partial charge on any atom is -1.00 e. The molecule has 1 saturated heterocycles. The molecule has 72 valence electrons. The molecule has 0 amide bonds. The number of rotatable bonds is 1. The Bertz CT molecular complexity index is 163. The summed E-state index contributed by atoms with van der Waals surface area (Å²) in [5, 5.41) is 0. The predicted octanol–water partition coefficient (Wildman–Crippen LogP) is -0.570. The second-order valence-corrected chi connectivity index (χ2v) is 4.55. The molecule has 0 spiro atoms. The third kappa shape index (κ3) is 6.08. The summed E-state index contributed by atoms with van der Waals surface area (Å²) in [6.07, 6.45) is 1.14. The fourth-order valence-corrected chi connectivity index (χ4v) is 1.47. The molecule has 0 N–H and O–H groups in total. The fraction of sp³-hybridized carbons (Fsp3) is 0.800. The minimum atomic E-state index is 0. The van der Waals surface area contributed by atoms with Crippen molar-refractivity contribution in [2.24, 2.45) is 11.3 Å². The van der Waals surface area contributed by atoms with E-state index in [9.17, 15) is 0 Å². The van der Waals surface area contributed by atoms with E-state index in [0.717, 1.165) is 18.6 Å². The van der Waals surface area contributed by atoms with E-state index in [1.807, 2.05) is 0 Å². The van der Waals surface area contributed by atoms with Gasteiger partial charge >= 0.3 is 27.7 Å². The van der Waals surface area contributed by atoms with Gasteiger partial charge in [-0.25, -0.2) is 0 Å². The van der Waals surface area contributed by atoms with Gasteiger partial charge in [0.05, 0.1) is 13.2 Å². The average molecular weight is 389 g/mol. The van der Waals surface area contributed by atoms with Crippen LogP contribution in [0, 0.1) is 17.9 Å². The largest absolute Gasteiger partial charge is 1.00 e. The molecule has 1 heterocycles. The topological polar surface area (TPSA) is 9.23 Å². The van der Waals surface area contributed by atoms with Crippen LogP contribution in [0.4, 0.5) is 0 Å². The summed E-state index contributed by atoms with van der Waals surface area (Å²) in [5.74, 6) is 0.495. The van der Waals surface area contributed by atoms with E-state index in [1.54, 1.807) is 0 Å². The molecular formula is C10H17ClHgO. The van der Waals surface area contributed by atoms with E-state index >= 15 is 0 Å². The van der Waals surface area contributed by atoms with Gasteiger partial charge in [0.2, 0.25) is 0 Å². The van der Waals surface area contributed by atoms with E-state index in [0.29, 0.717) is 17.9 Å².